The number of hydrogen-bond acceptors (Lipinski definition) is 1. The lowest BCUT2D eigenvalue weighted by Crippen LogP contribution is -2.12. The molecule has 0 amide bonds. The van der Waals surface area contributed by atoms with Crippen molar-refractivity contribution in [2.45, 2.75) is 19.3 Å². The quantitative estimate of drug-likeness (QED) is 0.413. The molecule has 94 valence electrons. The van der Waals surface area contributed by atoms with Gasteiger partial charge in [-0.15, -0.1) is 0 Å². The summed E-state index contributed by atoms with van der Waals surface area (Å²) < 4.78 is 74.3. The molecular weight excluding hydrogens is 266 g/mol. The van der Waals surface area contributed by atoms with Gasteiger partial charge in [0.15, 0.2) is 0 Å². The second kappa shape index (κ2) is 4.29. The van der Waals surface area contributed by atoms with Crippen LogP contribution in [0.2, 0.25) is 0 Å². The van der Waals surface area contributed by atoms with Crippen LogP contribution < -0.4 is 0 Å². The fraction of sp³-hybridized carbons (Fsp3) is 0.300. The molecule has 0 spiro atoms. The molecule has 0 aliphatic carbocycles. The van der Waals surface area contributed by atoms with Gasteiger partial charge >= 0.3 is 12.4 Å². The monoisotopic (exact) mass is 272 g/mol. The number of alkyl halides is 6. The smallest absolute Gasteiger partial charge is 0.166 e. The number of thiocarbonyl (C=S) groups is 1. The van der Waals surface area contributed by atoms with Gasteiger partial charge in [-0.25, -0.2) is 0 Å². The third kappa shape index (κ3) is 3.42. The predicted octanol–water partition coefficient (Wildman–Crippen LogP) is 4.46. The molecule has 0 heterocycles. The summed E-state index contributed by atoms with van der Waals surface area (Å²) in [4.78, 5) is -0.0263. The van der Waals surface area contributed by atoms with E-state index in [2.05, 4.69) is 12.2 Å². The van der Waals surface area contributed by atoms with Gasteiger partial charge in [-0.05, 0) is 30.7 Å². The number of halogens is 6. The molecule has 0 unspecified atom stereocenters. The van der Waals surface area contributed by atoms with Crippen LogP contribution in [0.15, 0.2) is 18.2 Å². The van der Waals surface area contributed by atoms with Gasteiger partial charge in [0.25, 0.3) is 0 Å². The van der Waals surface area contributed by atoms with Crippen molar-refractivity contribution in [2.75, 3.05) is 0 Å². The molecule has 0 saturated carbocycles. The largest absolute Gasteiger partial charge is 0.416 e. The summed E-state index contributed by atoms with van der Waals surface area (Å²) in [6.07, 6.45) is -9.67. The van der Waals surface area contributed by atoms with Gasteiger partial charge in [0.1, 0.15) is 0 Å². The molecule has 7 heteroatoms. The van der Waals surface area contributed by atoms with Gasteiger partial charge in [-0.2, -0.15) is 26.3 Å². The van der Waals surface area contributed by atoms with Crippen LogP contribution in [0.25, 0.3) is 0 Å². The minimum atomic E-state index is -4.83. The van der Waals surface area contributed by atoms with Crippen LogP contribution in [0.4, 0.5) is 26.3 Å². The first kappa shape index (κ1) is 14.0. The van der Waals surface area contributed by atoms with Crippen LogP contribution in [0, 0.1) is 0 Å². The summed E-state index contributed by atoms with van der Waals surface area (Å²) in [7, 11) is 0. The zero-order chi connectivity index (χ0) is 13.4. The van der Waals surface area contributed by atoms with Crippen molar-refractivity contribution < 1.29 is 26.3 Å². The Labute approximate surface area is 98.2 Å². The van der Waals surface area contributed by atoms with Gasteiger partial charge in [-0.3, -0.25) is 0 Å². The van der Waals surface area contributed by atoms with Crippen LogP contribution in [0.1, 0.15) is 23.6 Å². The van der Waals surface area contributed by atoms with E-state index in [4.69, 9.17) is 0 Å². The first-order chi connectivity index (χ1) is 7.51. The Kier molecular flexibility index (Phi) is 3.52. The van der Waals surface area contributed by atoms with Crippen LogP contribution in [0.5, 0.6) is 0 Å². The van der Waals surface area contributed by atoms with Crippen LogP contribution in [-0.4, -0.2) is 4.86 Å². The van der Waals surface area contributed by atoms with Crippen molar-refractivity contribution in [3.63, 3.8) is 0 Å². The summed E-state index contributed by atoms with van der Waals surface area (Å²) in [6, 6.07) is 1.29. The molecule has 17 heavy (non-hydrogen) atoms. The van der Waals surface area contributed by atoms with Gasteiger partial charge in [-0.1, -0.05) is 12.2 Å². The first-order valence-electron chi connectivity index (χ1n) is 4.32. The summed E-state index contributed by atoms with van der Waals surface area (Å²) >= 11 is 4.59. The Hall–Kier alpha value is -1.11. The number of rotatable bonds is 1. The maximum absolute atomic E-state index is 12.4. The van der Waals surface area contributed by atoms with E-state index in [1.54, 1.807) is 0 Å². The van der Waals surface area contributed by atoms with Crippen LogP contribution in [-0.2, 0) is 12.4 Å². The van der Waals surface area contributed by atoms with Crippen molar-refractivity contribution in [3.05, 3.63) is 34.9 Å². The van der Waals surface area contributed by atoms with E-state index in [1.165, 1.54) is 6.92 Å². The molecule has 0 saturated heterocycles. The molecule has 0 aliphatic heterocycles. The fourth-order valence-electron chi connectivity index (χ4n) is 1.16. The molecule has 1 rings (SSSR count). The molecule has 0 nitrogen and oxygen atoms in total. The third-order valence-corrected chi connectivity index (χ3v) is 2.23. The summed E-state index contributed by atoms with van der Waals surface area (Å²) in [5.41, 5.74) is -2.96. The molecule has 0 aromatic heterocycles. The second-order valence-corrected chi connectivity index (χ2v) is 3.96. The SMILES string of the molecule is CC(=S)c1cc(C(F)(F)F)cc(C(F)(F)F)c1. The Morgan fingerprint density at radius 2 is 1.24 bits per heavy atom. The van der Waals surface area contributed by atoms with Crippen molar-refractivity contribution in [1.82, 2.24) is 0 Å². The number of benzene rings is 1. The maximum Gasteiger partial charge on any atom is 0.416 e. The molecule has 0 fully saturated rings. The van der Waals surface area contributed by atoms with E-state index in [0.29, 0.717) is 12.1 Å². The topological polar surface area (TPSA) is 0 Å². The van der Waals surface area contributed by atoms with Gasteiger partial charge in [0.05, 0.1) is 11.1 Å². The first-order valence-corrected chi connectivity index (χ1v) is 4.73. The molecule has 0 atom stereocenters. The third-order valence-electron chi connectivity index (χ3n) is 1.99. The van der Waals surface area contributed by atoms with E-state index in [-0.39, 0.29) is 16.5 Å². The summed E-state index contributed by atoms with van der Waals surface area (Å²) in [5, 5.41) is 0. The molecule has 0 N–H and O–H groups in total. The zero-order valence-corrected chi connectivity index (χ0v) is 9.22. The standard InChI is InChI=1S/C10H6F6S/c1-5(17)6-2-7(9(11,12)13)4-8(3-6)10(14,15)16/h2-4H,1H3. The molecule has 1 aromatic carbocycles. The Bertz CT molecular complexity index is 411. The Morgan fingerprint density at radius 1 is 0.882 bits per heavy atom. The molecule has 0 aliphatic rings. The molecule has 1 aromatic rings. The van der Waals surface area contributed by atoms with E-state index >= 15 is 0 Å². The van der Waals surface area contributed by atoms with Crippen molar-refractivity contribution >= 4 is 17.1 Å². The molecular formula is C10H6F6S. The maximum atomic E-state index is 12.4. The summed E-state index contributed by atoms with van der Waals surface area (Å²) in [6.45, 7) is 1.27. The van der Waals surface area contributed by atoms with Crippen molar-refractivity contribution in [2.24, 2.45) is 0 Å². The highest BCUT2D eigenvalue weighted by Gasteiger charge is 2.36. The molecule has 0 bridgehead atoms. The van der Waals surface area contributed by atoms with Crippen molar-refractivity contribution in [1.29, 1.82) is 0 Å². The lowest BCUT2D eigenvalue weighted by atomic mass is 10.0. The second-order valence-electron chi connectivity index (χ2n) is 3.35. The van der Waals surface area contributed by atoms with E-state index in [0.717, 1.165) is 0 Å². The van der Waals surface area contributed by atoms with Crippen LogP contribution in [0.3, 0.4) is 0 Å². The highest BCUT2D eigenvalue weighted by atomic mass is 32.1. The average Bonchev–Trinajstić information content (AvgIpc) is 2.14. The minimum absolute atomic E-state index is 0.0263. The van der Waals surface area contributed by atoms with Crippen LogP contribution >= 0.6 is 12.2 Å². The highest BCUT2D eigenvalue weighted by Crippen LogP contribution is 2.36. The Morgan fingerprint density at radius 3 is 1.47 bits per heavy atom. The van der Waals surface area contributed by atoms with E-state index < -0.39 is 23.5 Å². The van der Waals surface area contributed by atoms with E-state index in [9.17, 15) is 26.3 Å². The van der Waals surface area contributed by atoms with Gasteiger partial charge < -0.3 is 0 Å². The minimum Gasteiger partial charge on any atom is -0.166 e. The van der Waals surface area contributed by atoms with Gasteiger partial charge in [0.2, 0.25) is 0 Å². The Balaban J connectivity index is 3.45. The molecule has 0 radical (unpaired) electrons. The zero-order valence-electron chi connectivity index (χ0n) is 8.41. The lowest BCUT2D eigenvalue weighted by molar-refractivity contribution is -0.143. The summed E-state index contributed by atoms with van der Waals surface area (Å²) in [5.74, 6) is 0. The fourth-order valence-corrected chi connectivity index (χ4v) is 1.28. The predicted molar refractivity (Wildman–Crippen MR) is 53.8 cm³/mol. The average molecular weight is 272 g/mol. The normalized spacial score (nSPS) is 12.6. The van der Waals surface area contributed by atoms with Gasteiger partial charge in [0, 0.05) is 4.86 Å². The highest BCUT2D eigenvalue weighted by molar-refractivity contribution is 7.80. The number of hydrogen-bond donors (Lipinski definition) is 0. The van der Waals surface area contributed by atoms with Crippen molar-refractivity contribution in [3.8, 4) is 0 Å². The lowest BCUT2D eigenvalue weighted by Gasteiger charge is -2.13. The van der Waals surface area contributed by atoms with E-state index in [1.807, 2.05) is 0 Å².